The highest BCUT2D eigenvalue weighted by Gasteiger charge is 2.37. The van der Waals surface area contributed by atoms with Crippen molar-refractivity contribution >= 4 is 40.6 Å². The number of hydrogen-bond acceptors (Lipinski definition) is 4. The first-order valence-electron chi connectivity index (χ1n) is 11.2. The third-order valence-electron chi connectivity index (χ3n) is 6.78. The number of anilines is 1. The van der Waals surface area contributed by atoms with E-state index in [4.69, 9.17) is 0 Å². The monoisotopic (exact) mass is 462 g/mol. The van der Waals surface area contributed by atoms with Gasteiger partial charge in [0.25, 0.3) is 11.1 Å². The molecule has 0 radical (unpaired) electrons. The van der Waals surface area contributed by atoms with E-state index in [1.807, 2.05) is 18.2 Å². The van der Waals surface area contributed by atoms with Crippen LogP contribution in [0.4, 0.5) is 10.5 Å². The van der Waals surface area contributed by atoms with Crippen LogP contribution in [0.1, 0.15) is 69.7 Å². The molecule has 1 fully saturated rings. The average molecular weight is 463 g/mol. The van der Waals surface area contributed by atoms with E-state index in [0.717, 1.165) is 52.5 Å². The molecule has 1 aliphatic heterocycles. The average Bonchev–Trinajstić information content (AvgIpc) is 3.03. The zero-order valence-electron chi connectivity index (χ0n) is 20.0. The van der Waals surface area contributed by atoms with E-state index >= 15 is 0 Å². The van der Waals surface area contributed by atoms with Gasteiger partial charge in [-0.05, 0) is 94.4 Å². The number of aryl methyl sites for hydroxylation is 1. The SMILES string of the molecule is CC(=O)Nc1ccc(/C=C2/SC(=O)NC2=O)cc1-c1cc2c(cc1C)C(C)(C)CCC2(C)C. The van der Waals surface area contributed by atoms with Crippen LogP contribution >= 0.6 is 11.8 Å². The molecule has 2 N–H and O–H groups in total. The lowest BCUT2D eigenvalue weighted by Gasteiger charge is -2.42. The Bertz CT molecular complexity index is 1220. The number of thioether (sulfide) groups is 1. The van der Waals surface area contributed by atoms with Gasteiger partial charge >= 0.3 is 0 Å². The molecule has 0 unspecified atom stereocenters. The fourth-order valence-electron chi connectivity index (χ4n) is 4.76. The molecule has 0 bridgehead atoms. The number of nitrogens with one attached hydrogen (secondary N) is 2. The number of rotatable bonds is 3. The number of benzene rings is 2. The van der Waals surface area contributed by atoms with Gasteiger partial charge in [0.15, 0.2) is 0 Å². The van der Waals surface area contributed by atoms with E-state index < -0.39 is 0 Å². The summed E-state index contributed by atoms with van der Waals surface area (Å²) in [6.07, 6.45) is 3.97. The maximum absolute atomic E-state index is 12.0. The Hall–Kier alpha value is -2.86. The highest BCUT2D eigenvalue weighted by atomic mass is 32.2. The van der Waals surface area contributed by atoms with Gasteiger partial charge in [-0.2, -0.15) is 0 Å². The molecule has 5 nitrogen and oxygen atoms in total. The normalized spacial score (nSPS) is 19.9. The highest BCUT2D eigenvalue weighted by Crippen LogP contribution is 2.48. The predicted molar refractivity (Wildman–Crippen MR) is 135 cm³/mol. The Balaban J connectivity index is 1.90. The van der Waals surface area contributed by atoms with Crippen LogP contribution in [0.5, 0.6) is 0 Å². The Morgan fingerprint density at radius 2 is 1.64 bits per heavy atom. The fraction of sp³-hybridized carbons (Fsp3) is 0.370. The van der Waals surface area contributed by atoms with Gasteiger partial charge in [-0.1, -0.05) is 39.8 Å². The van der Waals surface area contributed by atoms with Crippen LogP contribution in [-0.2, 0) is 20.4 Å². The van der Waals surface area contributed by atoms with Crippen molar-refractivity contribution < 1.29 is 14.4 Å². The Morgan fingerprint density at radius 3 is 2.21 bits per heavy atom. The molecule has 4 rings (SSSR count). The van der Waals surface area contributed by atoms with Crippen LogP contribution in [0.25, 0.3) is 17.2 Å². The summed E-state index contributed by atoms with van der Waals surface area (Å²) in [5.74, 6) is -0.526. The van der Waals surface area contributed by atoms with Gasteiger partial charge < -0.3 is 5.32 Å². The van der Waals surface area contributed by atoms with Crippen LogP contribution in [0.15, 0.2) is 35.2 Å². The third kappa shape index (κ3) is 4.49. The number of carbonyl (C=O) groups excluding carboxylic acids is 3. The van der Waals surface area contributed by atoms with Gasteiger partial charge in [0.05, 0.1) is 4.91 Å². The summed E-state index contributed by atoms with van der Waals surface area (Å²) in [4.78, 5) is 35.9. The molecule has 0 aromatic heterocycles. The molecule has 0 spiro atoms. The predicted octanol–water partition coefficient (Wildman–Crippen LogP) is 6.29. The molecule has 0 saturated carbocycles. The van der Waals surface area contributed by atoms with Crippen molar-refractivity contribution in [2.75, 3.05) is 5.32 Å². The van der Waals surface area contributed by atoms with Crippen LogP contribution in [0.2, 0.25) is 0 Å². The zero-order valence-corrected chi connectivity index (χ0v) is 20.8. The van der Waals surface area contributed by atoms with Crippen LogP contribution in [-0.4, -0.2) is 17.1 Å². The minimum atomic E-state index is -0.383. The van der Waals surface area contributed by atoms with Gasteiger partial charge in [-0.15, -0.1) is 0 Å². The molecule has 2 aromatic carbocycles. The van der Waals surface area contributed by atoms with Gasteiger partial charge in [-0.25, -0.2) is 0 Å². The smallest absolute Gasteiger partial charge is 0.290 e. The first-order valence-corrected chi connectivity index (χ1v) is 12.0. The van der Waals surface area contributed by atoms with E-state index in [9.17, 15) is 14.4 Å². The Morgan fingerprint density at radius 1 is 1.00 bits per heavy atom. The maximum atomic E-state index is 12.0. The lowest BCUT2D eigenvalue weighted by atomic mass is 9.62. The number of hydrogen-bond donors (Lipinski definition) is 2. The van der Waals surface area contributed by atoms with Crippen LogP contribution < -0.4 is 10.6 Å². The lowest BCUT2D eigenvalue weighted by molar-refractivity contribution is -0.115. The lowest BCUT2D eigenvalue weighted by Crippen LogP contribution is -2.34. The minimum absolute atomic E-state index is 0.0556. The molecule has 2 aromatic rings. The molecule has 1 heterocycles. The first-order chi connectivity index (χ1) is 15.4. The highest BCUT2D eigenvalue weighted by molar-refractivity contribution is 8.18. The largest absolute Gasteiger partial charge is 0.326 e. The summed E-state index contributed by atoms with van der Waals surface area (Å²) in [5, 5.41) is 4.88. The summed E-state index contributed by atoms with van der Waals surface area (Å²) in [6.45, 7) is 12.8. The molecule has 2 aliphatic rings. The minimum Gasteiger partial charge on any atom is -0.326 e. The van der Waals surface area contributed by atoms with Crippen molar-refractivity contribution in [1.29, 1.82) is 0 Å². The second-order valence-corrected chi connectivity index (χ2v) is 11.3. The van der Waals surface area contributed by atoms with E-state index in [-0.39, 0.29) is 27.9 Å². The number of carbonyl (C=O) groups is 3. The van der Waals surface area contributed by atoms with Crippen molar-refractivity contribution in [3.8, 4) is 11.1 Å². The van der Waals surface area contributed by atoms with E-state index in [2.05, 4.69) is 57.4 Å². The Kier molecular flexibility index (Phi) is 5.77. The van der Waals surface area contributed by atoms with Gasteiger partial charge in [0, 0.05) is 18.2 Å². The van der Waals surface area contributed by atoms with Gasteiger partial charge in [-0.3, -0.25) is 19.7 Å². The first kappa shape index (κ1) is 23.3. The van der Waals surface area contributed by atoms with Crippen molar-refractivity contribution in [3.05, 3.63) is 57.5 Å². The standard InChI is InChI=1S/C27H30N2O3S/c1-15-11-20-21(27(5,6)10-9-26(20,3)4)14-18(15)19-12-17(7-8-22(19)28-16(2)30)13-23-24(31)29-25(32)33-23/h7-8,11-14H,9-10H2,1-6H3,(H,28,30)(H,29,31,32)/b23-13+. The summed E-state index contributed by atoms with van der Waals surface area (Å²) < 4.78 is 0. The zero-order chi connectivity index (χ0) is 24.1. The quantitative estimate of drug-likeness (QED) is 0.525. The van der Waals surface area contributed by atoms with Crippen LogP contribution in [0, 0.1) is 6.92 Å². The van der Waals surface area contributed by atoms with Crippen molar-refractivity contribution in [2.45, 2.75) is 65.2 Å². The molecule has 33 heavy (non-hydrogen) atoms. The second-order valence-electron chi connectivity index (χ2n) is 10.3. The summed E-state index contributed by atoms with van der Waals surface area (Å²) >= 11 is 0.898. The fourth-order valence-corrected chi connectivity index (χ4v) is 5.44. The number of amides is 3. The van der Waals surface area contributed by atoms with Gasteiger partial charge in [0.2, 0.25) is 5.91 Å². The van der Waals surface area contributed by atoms with E-state index in [0.29, 0.717) is 4.91 Å². The molecule has 0 atom stereocenters. The number of imide groups is 1. The summed E-state index contributed by atoms with van der Waals surface area (Å²) in [6, 6.07) is 10.3. The van der Waals surface area contributed by atoms with Gasteiger partial charge in [0.1, 0.15) is 0 Å². The second kappa shape index (κ2) is 8.17. The van der Waals surface area contributed by atoms with Crippen molar-refractivity contribution in [2.24, 2.45) is 0 Å². The van der Waals surface area contributed by atoms with E-state index in [1.165, 1.54) is 18.1 Å². The molecular formula is C27H30N2O3S. The Labute approximate surface area is 199 Å². The molecule has 172 valence electrons. The molecule has 1 saturated heterocycles. The van der Waals surface area contributed by atoms with Crippen molar-refractivity contribution in [1.82, 2.24) is 5.32 Å². The molecule has 3 amide bonds. The molecule has 6 heteroatoms. The summed E-state index contributed by atoms with van der Waals surface area (Å²) in [5.41, 5.74) is 7.50. The summed E-state index contributed by atoms with van der Waals surface area (Å²) in [7, 11) is 0. The maximum Gasteiger partial charge on any atom is 0.290 e. The number of fused-ring (bicyclic) bond motifs is 1. The van der Waals surface area contributed by atoms with Crippen LogP contribution in [0.3, 0.4) is 0 Å². The topological polar surface area (TPSA) is 75.3 Å². The third-order valence-corrected chi connectivity index (χ3v) is 7.59. The molecular weight excluding hydrogens is 432 g/mol. The molecule has 1 aliphatic carbocycles. The van der Waals surface area contributed by atoms with E-state index in [1.54, 1.807) is 6.08 Å². The van der Waals surface area contributed by atoms with Crippen molar-refractivity contribution in [3.63, 3.8) is 0 Å².